The number of nitrogens with two attached hydrogens (primary N) is 1. The van der Waals surface area contributed by atoms with Crippen LogP contribution in [0.15, 0.2) is 30.3 Å². The molecule has 0 bridgehead atoms. The maximum atomic E-state index is 12.0. The van der Waals surface area contributed by atoms with Crippen LogP contribution in [-0.2, 0) is 9.59 Å². The fraction of sp³-hybridized carbons (Fsp3) is 0.312. The van der Waals surface area contributed by atoms with E-state index in [1.807, 2.05) is 13.0 Å². The first kappa shape index (κ1) is 17.2. The van der Waals surface area contributed by atoms with Gasteiger partial charge in [0.1, 0.15) is 12.3 Å². The Kier molecular flexibility index (Phi) is 7.20. The van der Waals surface area contributed by atoms with Crippen molar-refractivity contribution in [2.75, 3.05) is 19.7 Å². The van der Waals surface area contributed by atoms with Gasteiger partial charge in [-0.3, -0.25) is 9.59 Å². The van der Waals surface area contributed by atoms with Gasteiger partial charge in [-0.2, -0.15) is 5.26 Å². The van der Waals surface area contributed by atoms with Crippen LogP contribution in [0.3, 0.4) is 0 Å². The molecule has 0 radical (unpaired) electrons. The summed E-state index contributed by atoms with van der Waals surface area (Å²) in [5, 5.41) is 8.70. The summed E-state index contributed by atoms with van der Waals surface area (Å²) in [6.07, 6.45) is 3.90. The summed E-state index contributed by atoms with van der Waals surface area (Å²) in [5.41, 5.74) is 5.80. The lowest BCUT2D eigenvalue weighted by molar-refractivity contribution is -0.125. The van der Waals surface area contributed by atoms with Gasteiger partial charge >= 0.3 is 0 Å². The van der Waals surface area contributed by atoms with E-state index in [0.717, 1.165) is 12.0 Å². The van der Waals surface area contributed by atoms with Crippen LogP contribution >= 0.6 is 0 Å². The van der Waals surface area contributed by atoms with Crippen LogP contribution in [0.25, 0.3) is 6.08 Å². The molecule has 0 fully saturated rings. The molecule has 0 heterocycles. The van der Waals surface area contributed by atoms with E-state index in [1.54, 1.807) is 30.3 Å². The van der Waals surface area contributed by atoms with Crippen molar-refractivity contribution < 1.29 is 14.3 Å². The van der Waals surface area contributed by atoms with Crippen molar-refractivity contribution in [2.45, 2.75) is 13.3 Å². The third-order valence-electron chi connectivity index (χ3n) is 2.75. The molecule has 1 aromatic rings. The molecule has 6 heteroatoms. The Labute approximate surface area is 129 Å². The van der Waals surface area contributed by atoms with Gasteiger partial charge in [0.25, 0.3) is 5.91 Å². The first-order valence-corrected chi connectivity index (χ1v) is 6.92. The van der Waals surface area contributed by atoms with Crippen molar-refractivity contribution in [2.24, 2.45) is 5.73 Å². The topological polar surface area (TPSA) is 96.4 Å². The molecule has 0 aliphatic rings. The van der Waals surface area contributed by atoms with Gasteiger partial charge in [-0.1, -0.05) is 19.1 Å². The summed E-state index contributed by atoms with van der Waals surface area (Å²) in [4.78, 5) is 24.0. The van der Waals surface area contributed by atoms with Crippen LogP contribution in [0.1, 0.15) is 18.9 Å². The smallest absolute Gasteiger partial charge is 0.255 e. The number of hydrogen-bond donors (Lipinski definition) is 1. The van der Waals surface area contributed by atoms with Gasteiger partial charge in [0.15, 0.2) is 6.61 Å². The molecular formula is C16H19N3O3. The van der Waals surface area contributed by atoms with Gasteiger partial charge in [-0.15, -0.1) is 0 Å². The van der Waals surface area contributed by atoms with E-state index in [4.69, 9.17) is 15.7 Å². The van der Waals surface area contributed by atoms with Crippen LogP contribution in [0.4, 0.5) is 0 Å². The third-order valence-corrected chi connectivity index (χ3v) is 2.75. The molecule has 0 spiro atoms. The first-order chi connectivity index (χ1) is 10.6. The predicted molar refractivity (Wildman–Crippen MR) is 82.6 cm³/mol. The standard InChI is InChI=1S/C16H19N3O3/c1-2-10-19(11-9-17)16(21)8-5-13-3-6-14(7-4-13)22-12-15(18)20/h3-8H,2,10-12H2,1H3,(H2,18,20)/b8-5+. The van der Waals surface area contributed by atoms with E-state index >= 15 is 0 Å². The van der Waals surface area contributed by atoms with Crippen LogP contribution in [0.5, 0.6) is 5.75 Å². The largest absolute Gasteiger partial charge is 0.484 e. The Hall–Kier alpha value is -2.81. The van der Waals surface area contributed by atoms with E-state index in [9.17, 15) is 9.59 Å². The zero-order valence-electron chi connectivity index (χ0n) is 12.5. The monoisotopic (exact) mass is 301 g/mol. The average Bonchev–Trinajstić information content (AvgIpc) is 2.51. The molecule has 22 heavy (non-hydrogen) atoms. The van der Waals surface area contributed by atoms with Gasteiger partial charge in [0, 0.05) is 12.6 Å². The summed E-state index contributed by atoms with van der Waals surface area (Å²) in [5.74, 6) is -0.208. The second kappa shape index (κ2) is 9.19. The number of rotatable bonds is 8. The molecule has 2 amide bonds. The number of nitrogens with zero attached hydrogens (tertiary/aromatic N) is 2. The molecule has 1 rings (SSSR count). The van der Waals surface area contributed by atoms with Gasteiger partial charge in [0.05, 0.1) is 6.07 Å². The SMILES string of the molecule is CCCN(CC#N)C(=O)/C=C/c1ccc(OCC(N)=O)cc1. The summed E-state index contributed by atoms with van der Waals surface area (Å²) >= 11 is 0. The van der Waals surface area contributed by atoms with Crippen molar-refractivity contribution >= 4 is 17.9 Å². The van der Waals surface area contributed by atoms with Crippen molar-refractivity contribution in [1.82, 2.24) is 4.90 Å². The maximum absolute atomic E-state index is 12.0. The second-order valence-electron chi connectivity index (χ2n) is 4.58. The van der Waals surface area contributed by atoms with Crippen LogP contribution in [0, 0.1) is 11.3 Å². The quantitative estimate of drug-likeness (QED) is 0.578. The number of benzene rings is 1. The molecule has 0 saturated carbocycles. The van der Waals surface area contributed by atoms with E-state index in [1.165, 1.54) is 11.0 Å². The predicted octanol–water partition coefficient (Wildman–Crippen LogP) is 1.33. The number of carbonyl (C=O) groups is 2. The first-order valence-electron chi connectivity index (χ1n) is 6.92. The minimum absolute atomic E-state index is 0.0803. The third kappa shape index (κ3) is 6.09. The second-order valence-corrected chi connectivity index (χ2v) is 4.58. The van der Waals surface area contributed by atoms with Crippen LogP contribution in [-0.4, -0.2) is 36.4 Å². The number of primary amides is 1. The molecule has 0 aliphatic carbocycles. The number of ether oxygens (including phenoxy) is 1. The maximum Gasteiger partial charge on any atom is 0.255 e. The highest BCUT2D eigenvalue weighted by Gasteiger charge is 2.08. The highest BCUT2D eigenvalue weighted by atomic mass is 16.5. The lowest BCUT2D eigenvalue weighted by atomic mass is 10.2. The Morgan fingerprint density at radius 1 is 1.36 bits per heavy atom. The molecule has 0 unspecified atom stereocenters. The van der Waals surface area contributed by atoms with Gasteiger partial charge < -0.3 is 15.4 Å². The Morgan fingerprint density at radius 2 is 2.05 bits per heavy atom. The molecule has 0 atom stereocenters. The van der Waals surface area contributed by atoms with E-state index in [0.29, 0.717) is 12.3 Å². The summed E-state index contributed by atoms with van der Waals surface area (Å²) in [6, 6.07) is 8.87. The normalized spacial score (nSPS) is 10.2. The van der Waals surface area contributed by atoms with E-state index < -0.39 is 5.91 Å². The molecule has 0 aromatic heterocycles. The van der Waals surface area contributed by atoms with Gasteiger partial charge in [0.2, 0.25) is 5.91 Å². The van der Waals surface area contributed by atoms with Crippen LogP contribution in [0.2, 0.25) is 0 Å². The lowest BCUT2D eigenvalue weighted by Crippen LogP contribution is -2.30. The zero-order valence-corrected chi connectivity index (χ0v) is 12.5. The van der Waals surface area contributed by atoms with E-state index in [2.05, 4.69) is 0 Å². The molecule has 1 aromatic carbocycles. The fourth-order valence-corrected chi connectivity index (χ4v) is 1.72. The van der Waals surface area contributed by atoms with Crippen molar-refractivity contribution in [1.29, 1.82) is 5.26 Å². The number of hydrogen-bond acceptors (Lipinski definition) is 4. The fourth-order valence-electron chi connectivity index (χ4n) is 1.72. The van der Waals surface area contributed by atoms with E-state index in [-0.39, 0.29) is 19.1 Å². The molecule has 2 N–H and O–H groups in total. The molecule has 0 saturated heterocycles. The number of amides is 2. The highest BCUT2D eigenvalue weighted by molar-refractivity contribution is 5.91. The number of carbonyl (C=O) groups excluding carboxylic acids is 2. The highest BCUT2D eigenvalue weighted by Crippen LogP contribution is 2.13. The van der Waals surface area contributed by atoms with Crippen molar-refractivity contribution in [3.8, 4) is 11.8 Å². The molecular weight excluding hydrogens is 282 g/mol. The van der Waals surface area contributed by atoms with Gasteiger partial charge in [-0.25, -0.2) is 0 Å². The zero-order chi connectivity index (χ0) is 16.4. The lowest BCUT2D eigenvalue weighted by Gasteiger charge is -2.16. The minimum Gasteiger partial charge on any atom is -0.484 e. The Balaban J connectivity index is 2.63. The summed E-state index contributed by atoms with van der Waals surface area (Å²) in [6.45, 7) is 2.41. The molecule has 116 valence electrons. The summed E-state index contributed by atoms with van der Waals surface area (Å²) in [7, 11) is 0. The van der Waals surface area contributed by atoms with Crippen molar-refractivity contribution in [3.05, 3.63) is 35.9 Å². The molecule has 6 nitrogen and oxygen atoms in total. The van der Waals surface area contributed by atoms with Gasteiger partial charge in [-0.05, 0) is 30.2 Å². The van der Waals surface area contributed by atoms with Crippen LogP contribution < -0.4 is 10.5 Å². The Morgan fingerprint density at radius 3 is 2.59 bits per heavy atom. The average molecular weight is 301 g/mol. The minimum atomic E-state index is -0.539. The Bertz CT molecular complexity index is 573. The summed E-state index contributed by atoms with van der Waals surface area (Å²) < 4.78 is 5.14. The number of nitriles is 1. The molecule has 0 aliphatic heterocycles. The van der Waals surface area contributed by atoms with Crippen molar-refractivity contribution in [3.63, 3.8) is 0 Å².